The number of rotatable bonds is 3. The smallest absolute Gasteiger partial charge is 0.279 e. The number of benzene rings is 1. The largest absolute Gasteiger partial charge is 0.493 e. The highest BCUT2D eigenvalue weighted by Gasteiger charge is 2.25. The van der Waals surface area contributed by atoms with Crippen LogP contribution in [0.1, 0.15) is 18.7 Å². The molecule has 1 N–H and O–H groups in total. The molecule has 0 atom stereocenters. The van der Waals surface area contributed by atoms with Gasteiger partial charge in [-0.1, -0.05) is 11.3 Å². The third kappa shape index (κ3) is 2.18. The number of amides is 1. The van der Waals surface area contributed by atoms with Crippen LogP contribution in [0.2, 0.25) is 0 Å². The van der Waals surface area contributed by atoms with Gasteiger partial charge in [-0.15, -0.1) is 0 Å². The van der Waals surface area contributed by atoms with Crippen molar-refractivity contribution in [2.45, 2.75) is 20.4 Å². The zero-order valence-electron chi connectivity index (χ0n) is 12.1. The molecular formula is C15H14FN3O2S. The fourth-order valence-electron chi connectivity index (χ4n) is 2.41. The van der Waals surface area contributed by atoms with Gasteiger partial charge < -0.3 is 5.11 Å². The van der Waals surface area contributed by atoms with Crippen LogP contribution in [-0.4, -0.2) is 22.1 Å². The number of halogens is 1. The molecule has 22 heavy (non-hydrogen) atoms. The minimum Gasteiger partial charge on any atom is -0.493 e. The molecule has 1 aromatic carbocycles. The highest BCUT2D eigenvalue weighted by atomic mass is 32.1. The lowest BCUT2D eigenvalue weighted by atomic mass is 10.1. The molecule has 5 nitrogen and oxygen atoms in total. The van der Waals surface area contributed by atoms with Crippen molar-refractivity contribution in [2.75, 3.05) is 6.54 Å². The predicted octanol–water partition coefficient (Wildman–Crippen LogP) is 0.694. The van der Waals surface area contributed by atoms with Crippen LogP contribution in [0.25, 0.3) is 5.57 Å². The maximum absolute atomic E-state index is 13.5. The summed E-state index contributed by atoms with van der Waals surface area (Å²) in [4.78, 5) is 21.4. The summed E-state index contributed by atoms with van der Waals surface area (Å²) in [7, 11) is 0. The van der Waals surface area contributed by atoms with Crippen LogP contribution in [0.4, 0.5) is 4.39 Å². The molecule has 114 valence electrons. The number of hydrogen-bond acceptors (Lipinski definition) is 4. The van der Waals surface area contributed by atoms with Gasteiger partial charge in [0.25, 0.3) is 5.91 Å². The van der Waals surface area contributed by atoms with E-state index in [1.807, 2.05) is 13.8 Å². The van der Waals surface area contributed by atoms with Crippen molar-refractivity contribution in [1.29, 1.82) is 0 Å². The van der Waals surface area contributed by atoms with E-state index in [1.54, 1.807) is 4.57 Å². The monoisotopic (exact) mass is 319 g/mol. The summed E-state index contributed by atoms with van der Waals surface area (Å²) in [6.45, 7) is 4.86. The SMILES string of the molecule is CCN=c1sc(C2=c3cc(F)ccc3=NC2=O)c(O)n1CC. The van der Waals surface area contributed by atoms with E-state index in [0.29, 0.717) is 33.3 Å². The summed E-state index contributed by atoms with van der Waals surface area (Å²) in [6, 6.07) is 3.99. The third-order valence-corrected chi connectivity index (χ3v) is 4.51. The molecule has 1 aliphatic rings. The Bertz CT molecular complexity index is 956. The lowest BCUT2D eigenvalue weighted by Gasteiger charge is -2.01. The summed E-state index contributed by atoms with van der Waals surface area (Å²) in [5, 5.41) is 11.2. The van der Waals surface area contributed by atoms with Gasteiger partial charge in [-0.25, -0.2) is 9.38 Å². The summed E-state index contributed by atoms with van der Waals surface area (Å²) in [5.41, 5.74) is 0.233. The van der Waals surface area contributed by atoms with Crippen LogP contribution in [0, 0.1) is 5.82 Å². The summed E-state index contributed by atoms with van der Waals surface area (Å²) >= 11 is 1.21. The number of nitrogens with zero attached hydrogens (tertiary/aromatic N) is 3. The van der Waals surface area contributed by atoms with Gasteiger partial charge in [0, 0.05) is 18.3 Å². The topological polar surface area (TPSA) is 66.9 Å². The van der Waals surface area contributed by atoms with E-state index in [2.05, 4.69) is 9.98 Å². The van der Waals surface area contributed by atoms with Gasteiger partial charge >= 0.3 is 0 Å². The first kappa shape index (κ1) is 14.6. The van der Waals surface area contributed by atoms with Gasteiger partial charge in [-0.05, 0) is 32.0 Å². The number of aromatic hydroxyl groups is 1. The van der Waals surface area contributed by atoms with E-state index in [0.717, 1.165) is 0 Å². The fraction of sp³-hybridized carbons (Fsp3) is 0.267. The third-order valence-electron chi connectivity index (χ3n) is 3.38. The molecule has 0 fully saturated rings. The fourth-order valence-corrected chi connectivity index (χ4v) is 3.61. The Morgan fingerprint density at radius 2 is 2.18 bits per heavy atom. The van der Waals surface area contributed by atoms with Crippen LogP contribution in [0.15, 0.2) is 28.2 Å². The van der Waals surface area contributed by atoms with E-state index >= 15 is 0 Å². The Kier molecular flexibility index (Phi) is 3.66. The van der Waals surface area contributed by atoms with Gasteiger partial charge in [0.15, 0.2) is 4.80 Å². The quantitative estimate of drug-likeness (QED) is 0.905. The second-order valence-corrected chi connectivity index (χ2v) is 5.69. The first-order valence-electron chi connectivity index (χ1n) is 6.93. The molecule has 0 radical (unpaired) electrons. The van der Waals surface area contributed by atoms with Crippen LogP contribution >= 0.6 is 11.3 Å². The highest BCUT2D eigenvalue weighted by Crippen LogP contribution is 2.28. The Morgan fingerprint density at radius 1 is 1.41 bits per heavy atom. The molecule has 2 aromatic rings. The minimum atomic E-state index is -0.469. The van der Waals surface area contributed by atoms with Gasteiger partial charge in [0.2, 0.25) is 5.88 Å². The lowest BCUT2D eigenvalue weighted by molar-refractivity contribution is -0.112. The normalized spacial score (nSPS) is 14.4. The second-order valence-electron chi connectivity index (χ2n) is 4.71. The number of carbonyl (C=O) groups is 1. The molecule has 0 spiro atoms. The molecule has 0 bridgehead atoms. The first-order valence-corrected chi connectivity index (χ1v) is 7.74. The predicted molar refractivity (Wildman–Crippen MR) is 80.4 cm³/mol. The van der Waals surface area contributed by atoms with Crippen molar-refractivity contribution in [1.82, 2.24) is 4.57 Å². The van der Waals surface area contributed by atoms with E-state index in [1.165, 1.54) is 29.5 Å². The van der Waals surface area contributed by atoms with E-state index in [4.69, 9.17) is 0 Å². The van der Waals surface area contributed by atoms with E-state index in [-0.39, 0.29) is 11.5 Å². The molecule has 2 heterocycles. The Balaban J connectivity index is 2.38. The molecule has 1 aliphatic heterocycles. The molecule has 0 aliphatic carbocycles. The number of aromatic nitrogens is 1. The maximum Gasteiger partial charge on any atom is 0.279 e. The van der Waals surface area contributed by atoms with Gasteiger partial charge in [-0.2, -0.15) is 0 Å². The van der Waals surface area contributed by atoms with Crippen molar-refractivity contribution in [3.63, 3.8) is 0 Å². The number of fused-ring (bicyclic) bond motifs is 1. The lowest BCUT2D eigenvalue weighted by Crippen LogP contribution is -2.23. The standard InChI is InChI=1S/C15H14FN3O2S/c1-3-17-15-19(4-2)14(21)12(22-15)11-9-7-8(16)5-6-10(9)18-13(11)20/h5-7,21H,3-4H2,1-2H3. The van der Waals surface area contributed by atoms with Gasteiger partial charge in [-0.3, -0.25) is 14.4 Å². The van der Waals surface area contributed by atoms with Crippen LogP contribution in [-0.2, 0) is 11.3 Å². The molecule has 7 heteroatoms. The number of hydrogen-bond donors (Lipinski definition) is 1. The van der Waals surface area contributed by atoms with Crippen LogP contribution in [0.5, 0.6) is 5.88 Å². The molecular weight excluding hydrogens is 305 g/mol. The van der Waals surface area contributed by atoms with Crippen molar-refractivity contribution < 1.29 is 14.3 Å². The van der Waals surface area contributed by atoms with E-state index in [9.17, 15) is 14.3 Å². The molecule has 1 amide bonds. The second kappa shape index (κ2) is 5.49. The summed E-state index contributed by atoms with van der Waals surface area (Å²) in [5.74, 6) is -0.946. The van der Waals surface area contributed by atoms with Gasteiger partial charge in [0.05, 0.1) is 10.9 Å². The zero-order chi connectivity index (χ0) is 15.9. The summed E-state index contributed by atoms with van der Waals surface area (Å²) < 4.78 is 15.1. The minimum absolute atomic E-state index is 0.0321. The van der Waals surface area contributed by atoms with Crippen molar-refractivity contribution in [3.05, 3.63) is 44.3 Å². The Labute approximate surface area is 129 Å². The molecule has 0 unspecified atom stereocenters. The molecule has 3 rings (SSSR count). The zero-order valence-corrected chi connectivity index (χ0v) is 12.9. The van der Waals surface area contributed by atoms with E-state index < -0.39 is 11.7 Å². The summed E-state index contributed by atoms with van der Waals surface area (Å²) in [6.07, 6.45) is 0. The van der Waals surface area contributed by atoms with Crippen molar-refractivity contribution in [2.24, 2.45) is 9.98 Å². The van der Waals surface area contributed by atoms with Crippen molar-refractivity contribution >= 4 is 22.8 Å². The molecule has 1 aromatic heterocycles. The van der Waals surface area contributed by atoms with Crippen molar-refractivity contribution in [3.8, 4) is 5.88 Å². The number of carbonyl (C=O) groups excluding carboxylic acids is 1. The molecule has 0 saturated carbocycles. The highest BCUT2D eigenvalue weighted by molar-refractivity contribution is 7.11. The first-order chi connectivity index (χ1) is 10.6. The Morgan fingerprint density at radius 3 is 2.86 bits per heavy atom. The Hall–Kier alpha value is -2.28. The molecule has 0 saturated heterocycles. The van der Waals surface area contributed by atoms with Crippen LogP contribution < -0.4 is 15.4 Å². The average molecular weight is 319 g/mol. The average Bonchev–Trinajstić information content (AvgIpc) is 2.95. The van der Waals surface area contributed by atoms with Crippen LogP contribution in [0.3, 0.4) is 0 Å². The van der Waals surface area contributed by atoms with Gasteiger partial charge in [0.1, 0.15) is 10.7 Å². The maximum atomic E-state index is 13.5. The number of thiazole rings is 1.